The zero-order valence-electron chi connectivity index (χ0n) is 14.5. The van der Waals surface area contributed by atoms with E-state index < -0.39 is 23.4 Å². The zero-order valence-corrected chi connectivity index (χ0v) is 14.5. The van der Waals surface area contributed by atoms with Crippen molar-refractivity contribution in [2.45, 2.75) is 51.9 Å². The Morgan fingerprint density at radius 1 is 1.17 bits per heavy atom. The maximum atomic E-state index is 11.7. The smallest absolute Gasteiger partial charge is 0.410 e. The van der Waals surface area contributed by atoms with Crippen molar-refractivity contribution in [2.75, 3.05) is 6.61 Å². The number of alkyl carbamates (subject to hydrolysis) is 1. The van der Waals surface area contributed by atoms with E-state index in [1.165, 1.54) is 0 Å². The van der Waals surface area contributed by atoms with E-state index in [4.69, 9.17) is 9.47 Å². The summed E-state index contributed by atoms with van der Waals surface area (Å²) in [7, 11) is 0. The minimum Gasteiger partial charge on any atom is -0.494 e. The Bertz CT molecular complexity index is 563. The Balaban J connectivity index is 2.71. The Labute approximate surface area is 141 Å². The van der Waals surface area contributed by atoms with Crippen LogP contribution in [-0.2, 0) is 16.0 Å². The number of hydrogen-bond donors (Lipinski definition) is 3. The van der Waals surface area contributed by atoms with Crippen molar-refractivity contribution in [1.82, 2.24) is 5.32 Å². The number of nitrogens with one attached hydrogen (secondary N) is 1. The molecule has 0 saturated carbocycles. The van der Waals surface area contributed by atoms with Gasteiger partial charge in [-0.05, 0) is 51.8 Å². The van der Waals surface area contributed by atoms with Gasteiger partial charge in [-0.25, -0.2) is 9.59 Å². The fraction of sp³-hybridized carbons (Fsp3) is 0.529. The van der Waals surface area contributed by atoms with Crippen molar-refractivity contribution in [1.29, 1.82) is 0 Å². The summed E-state index contributed by atoms with van der Waals surface area (Å²) in [5, 5.41) is 21.5. The number of carbonyl (C=O) groups is 2. The first kappa shape index (κ1) is 19.8. The number of rotatable bonds is 7. The summed E-state index contributed by atoms with van der Waals surface area (Å²) in [5.74, 6) is -0.832. The number of hydrogen-bond acceptors (Lipinski definition) is 5. The van der Waals surface area contributed by atoms with Gasteiger partial charge in [0.25, 0.3) is 0 Å². The summed E-state index contributed by atoms with van der Waals surface area (Å²) in [6.45, 7) is 7.37. The minimum absolute atomic E-state index is 0.199. The average Bonchev–Trinajstić information content (AvgIpc) is 2.44. The second-order valence-electron chi connectivity index (χ2n) is 6.37. The number of carboxylic acids is 1. The monoisotopic (exact) mass is 339 g/mol. The quantitative estimate of drug-likeness (QED) is 0.659. The van der Waals surface area contributed by atoms with Gasteiger partial charge >= 0.3 is 12.1 Å². The van der Waals surface area contributed by atoms with Crippen LogP contribution < -0.4 is 10.1 Å². The lowest BCUT2D eigenvalue weighted by molar-refractivity contribution is -0.162. The molecule has 1 atom stereocenters. The molecule has 1 aromatic carbocycles. The SMILES string of the molecule is CCOc1ccc(CCC(O)(NC(=O)OC(C)(C)C)C(=O)O)cc1. The Hall–Kier alpha value is -2.28. The first-order valence-electron chi connectivity index (χ1n) is 7.74. The zero-order chi connectivity index (χ0) is 18.4. The average molecular weight is 339 g/mol. The highest BCUT2D eigenvalue weighted by Crippen LogP contribution is 2.17. The molecule has 0 bridgehead atoms. The number of ether oxygens (including phenoxy) is 2. The first-order valence-corrected chi connectivity index (χ1v) is 7.74. The maximum absolute atomic E-state index is 11.7. The fourth-order valence-corrected chi connectivity index (χ4v) is 1.94. The number of benzene rings is 1. The maximum Gasteiger partial charge on any atom is 0.410 e. The van der Waals surface area contributed by atoms with Crippen LogP contribution in [0.15, 0.2) is 24.3 Å². The Morgan fingerprint density at radius 3 is 2.21 bits per heavy atom. The van der Waals surface area contributed by atoms with E-state index in [-0.39, 0.29) is 12.8 Å². The number of carbonyl (C=O) groups excluding carboxylic acids is 1. The van der Waals surface area contributed by atoms with Gasteiger partial charge in [0.1, 0.15) is 11.4 Å². The highest BCUT2D eigenvalue weighted by atomic mass is 16.6. The molecule has 0 aliphatic heterocycles. The van der Waals surface area contributed by atoms with Gasteiger partial charge in [-0.15, -0.1) is 0 Å². The third kappa shape index (κ3) is 6.45. The third-order valence-corrected chi connectivity index (χ3v) is 3.07. The van der Waals surface area contributed by atoms with Gasteiger partial charge in [-0.3, -0.25) is 5.32 Å². The predicted molar refractivity (Wildman–Crippen MR) is 87.9 cm³/mol. The van der Waals surface area contributed by atoms with Crippen LogP contribution in [0.2, 0.25) is 0 Å². The topological polar surface area (TPSA) is 105 Å². The van der Waals surface area contributed by atoms with Crippen molar-refractivity contribution < 1.29 is 29.3 Å². The lowest BCUT2D eigenvalue weighted by Crippen LogP contribution is -2.55. The van der Waals surface area contributed by atoms with Gasteiger partial charge in [0.05, 0.1) is 6.61 Å². The molecule has 7 heteroatoms. The van der Waals surface area contributed by atoms with Crippen molar-refractivity contribution >= 4 is 12.1 Å². The van der Waals surface area contributed by atoms with Crippen LogP contribution in [0.25, 0.3) is 0 Å². The normalized spacial score (nSPS) is 13.7. The molecule has 1 unspecified atom stereocenters. The molecule has 0 spiro atoms. The van der Waals surface area contributed by atoms with Crippen molar-refractivity contribution in [3.05, 3.63) is 29.8 Å². The summed E-state index contributed by atoms with van der Waals surface area (Å²) in [6.07, 6.45) is -0.931. The molecule has 1 rings (SSSR count). The summed E-state index contributed by atoms with van der Waals surface area (Å²) in [6, 6.07) is 7.08. The van der Waals surface area contributed by atoms with Crippen LogP contribution in [0.3, 0.4) is 0 Å². The molecule has 0 aliphatic carbocycles. The van der Waals surface area contributed by atoms with Crippen LogP contribution in [0.4, 0.5) is 4.79 Å². The summed E-state index contributed by atoms with van der Waals surface area (Å²) < 4.78 is 10.3. The number of amides is 1. The van der Waals surface area contributed by atoms with Crippen LogP contribution in [-0.4, -0.2) is 40.2 Å². The van der Waals surface area contributed by atoms with Gasteiger partial charge in [-0.2, -0.15) is 0 Å². The molecule has 0 fully saturated rings. The highest BCUT2D eigenvalue weighted by molar-refractivity contribution is 5.82. The van der Waals surface area contributed by atoms with Crippen molar-refractivity contribution in [3.63, 3.8) is 0 Å². The molecule has 134 valence electrons. The number of aryl methyl sites for hydroxylation is 1. The molecule has 0 aromatic heterocycles. The fourth-order valence-electron chi connectivity index (χ4n) is 1.94. The van der Waals surface area contributed by atoms with Crippen LogP contribution in [0.1, 0.15) is 39.7 Å². The van der Waals surface area contributed by atoms with Crippen molar-refractivity contribution in [2.24, 2.45) is 0 Å². The van der Waals surface area contributed by atoms with Crippen molar-refractivity contribution in [3.8, 4) is 5.75 Å². The van der Waals surface area contributed by atoms with Gasteiger partial charge < -0.3 is 19.7 Å². The summed E-state index contributed by atoms with van der Waals surface area (Å²) >= 11 is 0. The molecule has 1 amide bonds. The van der Waals surface area contributed by atoms with E-state index in [2.05, 4.69) is 0 Å². The standard InChI is InChI=1S/C17H25NO6/c1-5-23-13-8-6-12(7-9-13)10-11-17(22,14(19)20)18-15(21)24-16(2,3)4/h6-9,22H,5,10-11H2,1-4H3,(H,18,21)(H,19,20). The van der Waals surface area contributed by atoms with Gasteiger partial charge in [0, 0.05) is 6.42 Å². The lowest BCUT2D eigenvalue weighted by Gasteiger charge is -2.27. The molecule has 0 saturated heterocycles. The largest absolute Gasteiger partial charge is 0.494 e. The number of carboxylic acid groups (broad SMARTS) is 1. The Kier molecular flexibility index (Phi) is 6.60. The van der Waals surface area contributed by atoms with E-state index in [0.29, 0.717) is 12.4 Å². The molecule has 0 aliphatic rings. The molecular weight excluding hydrogens is 314 g/mol. The minimum atomic E-state index is -2.40. The van der Waals surface area contributed by atoms with E-state index in [1.54, 1.807) is 45.0 Å². The van der Waals surface area contributed by atoms with E-state index in [0.717, 1.165) is 5.56 Å². The van der Waals surface area contributed by atoms with E-state index in [1.807, 2.05) is 12.2 Å². The number of aliphatic carboxylic acids is 1. The predicted octanol–water partition coefficient (Wildman–Crippen LogP) is 2.32. The van der Waals surface area contributed by atoms with E-state index in [9.17, 15) is 19.8 Å². The number of aliphatic hydroxyl groups is 1. The molecule has 24 heavy (non-hydrogen) atoms. The van der Waals surface area contributed by atoms with E-state index >= 15 is 0 Å². The highest BCUT2D eigenvalue weighted by Gasteiger charge is 2.38. The molecular formula is C17H25NO6. The van der Waals surface area contributed by atoms with Crippen LogP contribution in [0, 0.1) is 0 Å². The molecule has 0 heterocycles. The Morgan fingerprint density at radius 2 is 1.75 bits per heavy atom. The molecule has 3 N–H and O–H groups in total. The molecule has 1 aromatic rings. The summed E-state index contributed by atoms with van der Waals surface area (Å²) in [5.41, 5.74) is -2.39. The van der Waals surface area contributed by atoms with Crippen LogP contribution >= 0.6 is 0 Å². The van der Waals surface area contributed by atoms with Gasteiger partial charge in [0.2, 0.25) is 5.72 Å². The second kappa shape index (κ2) is 8.01. The van der Waals surface area contributed by atoms with Gasteiger partial charge in [-0.1, -0.05) is 12.1 Å². The first-order chi connectivity index (χ1) is 11.1. The lowest BCUT2D eigenvalue weighted by atomic mass is 10.0. The summed E-state index contributed by atoms with van der Waals surface area (Å²) in [4.78, 5) is 23.1. The van der Waals surface area contributed by atoms with Crippen LogP contribution in [0.5, 0.6) is 5.75 Å². The molecule has 7 nitrogen and oxygen atoms in total. The van der Waals surface area contributed by atoms with Gasteiger partial charge in [0.15, 0.2) is 0 Å². The third-order valence-electron chi connectivity index (χ3n) is 3.07. The second-order valence-corrected chi connectivity index (χ2v) is 6.37. The molecule has 0 radical (unpaired) electrons.